The molecule has 0 bridgehead atoms. The molecule has 0 aromatic heterocycles. The van der Waals surface area contributed by atoms with E-state index in [2.05, 4.69) is 5.32 Å². The molecular weight excluding hydrogens is 252 g/mol. The summed E-state index contributed by atoms with van der Waals surface area (Å²) >= 11 is 0. The second kappa shape index (κ2) is 4.65. The highest BCUT2D eigenvalue weighted by Crippen LogP contribution is 2.43. The molecule has 2 aromatic rings. The van der Waals surface area contributed by atoms with Crippen molar-refractivity contribution in [1.29, 1.82) is 0 Å². The highest BCUT2D eigenvalue weighted by molar-refractivity contribution is 6.07. The summed E-state index contributed by atoms with van der Waals surface area (Å²) in [5, 5.41) is 14.6. The maximum atomic E-state index is 12.5. The van der Waals surface area contributed by atoms with Gasteiger partial charge in [-0.05, 0) is 24.6 Å². The minimum atomic E-state index is -1.07. The summed E-state index contributed by atoms with van der Waals surface area (Å²) in [4.78, 5) is 12.5. The van der Waals surface area contributed by atoms with Crippen molar-refractivity contribution < 1.29 is 10.0 Å². The Bertz CT molecular complexity index is 642. The van der Waals surface area contributed by atoms with Crippen molar-refractivity contribution in [3.8, 4) is 0 Å². The van der Waals surface area contributed by atoms with Crippen molar-refractivity contribution in [1.82, 2.24) is 0 Å². The predicted octanol–water partition coefficient (Wildman–Crippen LogP) is 3.14. The van der Waals surface area contributed by atoms with Crippen LogP contribution in [0.25, 0.3) is 0 Å². The molecule has 0 fully saturated rings. The van der Waals surface area contributed by atoms with E-state index in [0.717, 1.165) is 16.3 Å². The van der Waals surface area contributed by atoms with Gasteiger partial charge in [-0.3, -0.25) is 10.0 Å². The van der Waals surface area contributed by atoms with Crippen LogP contribution in [0.5, 0.6) is 0 Å². The normalized spacial score (nSPS) is 20.4. The van der Waals surface area contributed by atoms with E-state index in [-0.39, 0.29) is 5.91 Å². The zero-order valence-corrected chi connectivity index (χ0v) is 11.2. The van der Waals surface area contributed by atoms with E-state index in [9.17, 15) is 10.0 Å². The Hall–Kier alpha value is -2.33. The van der Waals surface area contributed by atoms with Gasteiger partial charge in [0.05, 0.1) is 5.69 Å². The zero-order chi connectivity index (χ0) is 14.2. The first-order chi connectivity index (χ1) is 9.70. The molecule has 20 heavy (non-hydrogen) atoms. The van der Waals surface area contributed by atoms with E-state index >= 15 is 0 Å². The molecular formula is C16H16N2O2. The number of para-hydroxylation sites is 2. The predicted molar refractivity (Wildman–Crippen MR) is 77.7 cm³/mol. The molecule has 2 aromatic carbocycles. The number of hydrogen-bond donors (Lipinski definition) is 2. The van der Waals surface area contributed by atoms with E-state index in [4.69, 9.17) is 0 Å². The number of fused-ring (bicyclic) bond motifs is 1. The second-order valence-electron chi connectivity index (χ2n) is 4.86. The molecule has 1 aliphatic heterocycles. The lowest BCUT2D eigenvalue weighted by Crippen LogP contribution is -2.49. The third kappa shape index (κ3) is 1.62. The van der Waals surface area contributed by atoms with Crippen LogP contribution in [0.4, 0.5) is 11.4 Å². The number of nitrogens with one attached hydrogen (secondary N) is 1. The van der Waals surface area contributed by atoms with Gasteiger partial charge in [-0.1, -0.05) is 43.3 Å². The van der Waals surface area contributed by atoms with E-state index in [1.807, 2.05) is 49.4 Å². The fourth-order valence-corrected chi connectivity index (χ4v) is 2.80. The van der Waals surface area contributed by atoms with Crippen LogP contribution >= 0.6 is 0 Å². The summed E-state index contributed by atoms with van der Waals surface area (Å²) < 4.78 is 0. The Morgan fingerprint density at radius 1 is 1.10 bits per heavy atom. The fraction of sp³-hybridized carbons (Fsp3) is 0.188. The molecule has 1 atom stereocenters. The fourth-order valence-electron chi connectivity index (χ4n) is 2.80. The summed E-state index contributed by atoms with van der Waals surface area (Å²) in [5.41, 5.74) is 1.09. The van der Waals surface area contributed by atoms with Gasteiger partial charge < -0.3 is 5.32 Å². The minimum absolute atomic E-state index is 0.201. The van der Waals surface area contributed by atoms with E-state index in [1.54, 1.807) is 12.1 Å². The van der Waals surface area contributed by atoms with Gasteiger partial charge in [0.2, 0.25) is 0 Å². The van der Waals surface area contributed by atoms with E-state index < -0.39 is 5.54 Å². The zero-order valence-electron chi connectivity index (χ0n) is 11.2. The van der Waals surface area contributed by atoms with Crippen LogP contribution in [0.2, 0.25) is 0 Å². The molecule has 0 aliphatic carbocycles. The average Bonchev–Trinajstić information content (AvgIpc) is 2.79. The maximum Gasteiger partial charge on any atom is 0.257 e. The first kappa shape index (κ1) is 12.7. The highest BCUT2D eigenvalue weighted by Gasteiger charge is 2.50. The van der Waals surface area contributed by atoms with Crippen LogP contribution in [-0.2, 0) is 10.3 Å². The van der Waals surface area contributed by atoms with Crippen LogP contribution in [0, 0.1) is 0 Å². The third-order valence-electron chi connectivity index (χ3n) is 3.87. The number of amides is 1. The first-order valence-corrected chi connectivity index (χ1v) is 6.65. The number of carbonyl (C=O) groups excluding carboxylic acids is 1. The largest absolute Gasteiger partial charge is 0.323 e. The number of rotatable bonds is 3. The Labute approximate surface area is 117 Å². The summed E-state index contributed by atoms with van der Waals surface area (Å²) in [6.07, 6.45) is 0.473. The summed E-state index contributed by atoms with van der Waals surface area (Å²) in [6, 6.07) is 16.6. The van der Waals surface area contributed by atoms with Gasteiger partial charge >= 0.3 is 0 Å². The standard InChI is InChI=1S/C16H16N2O2/c1-2-16(18(20)12-8-4-3-5-9-12)13-10-6-7-11-14(13)17-15(16)19/h3-11,20H,2H2,1H3,(H,17,19)/t16-/m0/s1. The van der Waals surface area contributed by atoms with Crippen molar-refractivity contribution in [2.24, 2.45) is 0 Å². The molecule has 0 unspecified atom stereocenters. The van der Waals surface area contributed by atoms with Crippen molar-refractivity contribution in [2.45, 2.75) is 18.9 Å². The van der Waals surface area contributed by atoms with Crippen molar-refractivity contribution in [3.63, 3.8) is 0 Å². The Kier molecular flexibility index (Phi) is 2.95. The number of carbonyl (C=O) groups is 1. The van der Waals surface area contributed by atoms with E-state index in [0.29, 0.717) is 12.1 Å². The molecule has 0 saturated heterocycles. The van der Waals surface area contributed by atoms with Crippen LogP contribution in [0.3, 0.4) is 0 Å². The van der Waals surface area contributed by atoms with Gasteiger partial charge in [-0.15, -0.1) is 0 Å². The monoisotopic (exact) mass is 268 g/mol. The molecule has 0 spiro atoms. The molecule has 1 amide bonds. The molecule has 1 aliphatic rings. The lowest BCUT2D eigenvalue weighted by Gasteiger charge is -2.35. The van der Waals surface area contributed by atoms with Crippen LogP contribution in [0.1, 0.15) is 18.9 Å². The average molecular weight is 268 g/mol. The molecule has 3 rings (SSSR count). The van der Waals surface area contributed by atoms with Crippen molar-refractivity contribution in [2.75, 3.05) is 10.4 Å². The summed E-state index contributed by atoms with van der Waals surface area (Å²) in [6.45, 7) is 1.90. The van der Waals surface area contributed by atoms with Gasteiger partial charge in [-0.25, -0.2) is 5.06 Å². The Balaban J connectivity index is 2.15. The Morgan fingerprint density at radius 2 is 1.75 bits per heavy atom. The number of nitrogens with zero attached hydrogens (tertiary/aromatic N) is 1. The van der Waals surface area contributed by atoms with Crippen LogP contribution < -0.4 is 10.4 Å². The molecule has 102 valence electrons. The number of hydrogen-bond acceptors (Lipinski definition) is 3. The Morgan fingerprint density at radius 3 is 2.45 bits per heavy atom. The van der Waals surface area contributed by atoms with Crippen molar-refractivity contribution in [3.05, 3.63) is 60.2 Å². The smallest absolute Gasteiger partial charge is 0.257 e. The van der Waals surface area contributed by atoms with E-state index in [1.165, 1.54) is 0 Å². The van der Waals surface area contributed by atoms with Gasteiger partial charge in [0, 0.05) is 11.3 Å². The topological polar surface area (TPSA) is 52.6 Å². The van der Waals surface area contributed by atoms with Gasteiger partial charge in [0.15, 0.2) is 5.54 Å². The van der Waals surface area contributed by atoms with Gasteiger partial charge in [0.1, 0.15) is 0 Å². The number of anilines is 2. The molecule has 2 N–H and O–H groups in total. The summed E-state index contributed by atoms with van der Waals surface area (Å²) in [5.74, 6) is -0.201. The molecule has 0 radical (unpaired) electrons. The molecule has 0 saturated carbocycles. The lowest BCUT2D eigenvalue weighted by atomic mass is 9.87. The lowest BCUT2D eigenvalue weighted by molar-refractivity contribution is -0.123. The molecule has 4 heteroatoms. The summed E-state index contributed by atoms with van der Waals surface area (Å²) in [7, 11) is 0. The molecule has 1 heterocycles. The van der Waals surface area contributed by atoms with Crippen molar-refractivity contribution >= 4 is 17.3 Å². The minimum Gasteiger partial charge on any atom is -0.323 e. The quantitative estimate of drug-likeness (QED) is 0.841. The second-order valence-corrected chi connectivity index (χ2v) is 4.86. The van der Waals surface area contributed by atoms with Gasteiger partial charge in [-0.2, -0.15) is 0 Å². The third-order valence-corrected chi connectivity index (χ3v) is 3.87. The van der Waals surface area contributed by atoms with Gasteiger partial charge in [0.25, 0.3) is 5.91 Å². The number of hydroxylamine groups is 1. The SMILES string of the molecule is CC[C@@]1(N(O)c2ccccc2)C(=O)Nc2ccccc21. The first-order valence-electron chi connectivity index (χ1n) is 6.65. The molecule has 4 nitrogen and oxygen atoms in total. The van der Waals surface area contributed by atoms with Crippen LogP contribution in [0.15, 0.2) is 54.6 Å². The highest BCUT2D eigenvalue weighted by atomic mass is 16.5. The maximum absolute atomic E-state index is 12.5. The van der Waals surface area contributed by atoms with Crippen LogP contribution in [-0.4, -0.2) is 11.1 Å². The number of benzene rings is 2.